The molecule has 1 aromatic heterocycles. The van der Waals surface area contributed by atoms with Crippen molar-refractivity contribution in [3.63, 3.8) is 0 Å². The monoisotopic (exact) mass is 334 g/mol. The molecular formula is C21H22N2O2. The van der Waals surface area contributed by atoms with E-state index >= 15 is 0 Å². The first-order chi connectivity index (χ1) is 12.2. The van der Waals surface area contributed by atoms with E-state index in [4.69, 9.17) is 4.42 Å². The van der Waals surface area contributed by atoms with Crippen molar-refractivity contribution < 1.29 is 9.52 Å². The topological polar surface area (TPSA) is 58.6 Å². The Hall–Kier alpha value is -2.88. The molecule has 0 spiro atoms. The Bertz CT molecular complexity index is 847. The lowest BCUT2D eigenvalue weighted by Crippen LogP contribution is -1.86. The summed E-state index contributed by atoms with van der Waals surface area (Å²) in [6.07, 6.45) is 4.95. The highest BCUT2D eigenvalue weighted by Gasteiger charge is 2.12. The van der Waals surface area contributed by atoms with Crippen LogP contribution in [0.25, 0.3) is 11.5 Å². The van der Waals surface area contributed by atoms with E-state index in [1.54, 1.807) is 0 Å². The number of benzene rings is 2. The van der Waals surface area contributed by atoms with Gasteiger partial charge in [0.1, 0.15) is 0 Å². The molecule has 0 atom stereocenters. The Morgan fingerprint density at radius 2 is 1.80 bits per heavy atom. The van der Waals surface area contributed by atoms with Crippen molar-refractivity contribution in [1.82, 2.24) is 4.98 Å². The van der Waals surface area contributed by atoms with Gasteiger partial charge in [-0.3, -0.25) is 4.99 Å². The molecule has 1 heterocycles. The molecule has 4 nitrogen and oxygen atoms in total. The third kappa shape index (κ3) is 4.35. The van der Waals surface area contributed by atoms with Gasteiger partial charge in [-0.2, -0.15) is 0 Å². The van der Waals surface area contributed by atoms with E-state index in [0.717, 1.165) is 17.7 Å². The zero-order chi connectivity index (χ0) is 17.6. The fourth-order valence-electron chi connectivity index (χ4n) is 2.49. The molecule has 0 fully saturated rings. The third-order valence-electron chi connectivity index (χ3n) is 4.02. The zero-order valence-electron chi connectivity index (χ0n) is 14.6. The lowest BCUT2D eigenvalue weighted by molar-refractivity contribution is 0.337. The standard InChI is InChI=1S/C21H22N2O2/c1-3-4-5-16-8-10-17(11-9-16)20-23-19(21(24)25-20)14-22-18-12-6-15(2)7-13-18/h6-14,24H,3-5H2,1-2H3. The van der Waals surface area contributed by atoms with Crippen LogP contribution in [0.15, 0.2) is 57.9 Å². The van der Waals surface area contributed by atoms with Gasteiger partial charge < -0.3 is 9.52 Å². The van der Waals surface area contributed by atoms with Gasteiger partial charge in [-0.25, -0.2) is 4.98 Å². The molecule has 0 saturated heterocycles. The number of rotatable bonds is 6. The molecule has 1 N–H and O–H groups in total. The van der Waals surface area contributed by atoms with Gasteiger partial charge in [0.25, 0.3) is 0 Å². The van der Waals surface area contributed by atoms with E-state index in [0.29, 0.717) is 11.6 Å². The largest absolute Gasteiger partial charge is 0.479 e. The second kappa shape index (κ2) is 7.79. The molecule has 3 aromatic rings. The van der Waals surface area contributed by atoms with Crippen molar-refractivity contribution in [2.24, 2.45) is 4.99 Å². The smallest absolute Gasteiger partial charge is 0.312 e. The zero-order valence-corrected chi connectivity index (χ0v) is 14.6. The maximum atomic E-state index is 9.97. The second-order valence-corrected chi connectivity index (χ2v) is 6.10. The summed E-state index contributed by atoms with van der Waals surface area (Å²) in [6.45, 7) is 4.21. The quantitative estimate of drug-likeness (QED) is 0.610. The summed E-state index contributed by atoms with van der Waals surface area (Å²) in [5, 5.41) is 9.97. The highest BCUT2D eigenvalue weighted by molar-refractivity contribution is 5.82. The van der Waals surface area contributed by atoms with Crippen LogP contribution < -0.4 is 0 Å². The third-order valence-corrected chi connectivity index (χ3v) is 4.02. The number of hydrogen-bond acceptors (Lipinski definition) is 4. The van der Waals surface area contributed by atoms with Crippen LogP contribution >= 0.6 is 0 Å². The molecule has 0 radical (unpaired) electrons. The van der Waals surface area contributed by atoms with Crippen molar-refractivity contribution in [1.29, 1.82) is 0 Å². The first-order valence-electron chi connectivity index (χ1n) is 8.55. The summed E-state index contributed by atoms with van der Waals surface area (Å²) < 4.78 is 5.38. The van der Waals surface area contributed by atoms with Crippen LogP contribution in [0.1, 0.15) is 36.6 Å². The SMILES string of the molecule is CCCCc1ccc(-c2nc(C=Nc3ccc(C)cc3)c(O)o2)cc1. The van der Waals surface area contributed by atoms with Crippen molar-refractivity contribution in [2.45, 2.75) is 33.1 Å². The minimum Gasteiger partial charge on any atom is -0.479 e. The predicted octanol–water partition coefficient (Wildman–Crippen LogP) is 5.45. The highest BCUT2D eigenvalue weighted by Crippen LogP contribution is 2.26. The van der Waals surface area contributed by atoms with Crippen LogP contribution in [-0.4, -0.2) is 16.3 Å². The minimum atomic E-state index is -0.221. The number of unbranched alkanes of at least 4 members (excludes halogenated alkanes) is 1. The average molecular weight is 334 g/mol. The molecule has 0 saturated carbocycles. The highest BCUT2D eigenvalue weighted by atomic mass is 16.5. The van der Waals surface area contributed by atoms with Crippen LogP contribution in [-0.2, 0) is 6.42 Å². The predicted molar refractivity (Wildman–Crippen MR) is 101 cm³/mol. The van der Waals surface area contributed by atoms with Crippen molar-refractivity contribution in [2.75, 3.05) is 0 Å². The maximum Gasteiger partial charge on any atom is 0.312 e. The number of hydrogen-bond donors (Lipinski definition) is 1. The van der Waals surface area contributed by atoms with Crippen LogP contribution in [0, 0.1) is 6.92 Å². The summed E-state index contributed by atoms with van der Waals surface area (Å²) in [7, 11) is 0. The molecule has 0 bridgehead atoms. The summed E-state index contributed by atoms with van der Waals surface area (Å²) in [5.41, 5.74) is 4.43. The lowest BCUT2D eigenvalue weighted by Gasteiger charge is -2.00. The fourth-order valence-corrected chi connectivity index (χ4v) is 2.49. The van der Waals surface area contributed by atoms with Crippen LogP contribution in [0.5, 0.6) is 5.95 Å². The van der Waals surface area contributed by atoms with E-state index in [9.17, 15) is 5.11 Å². The molecule has 0 aliphatic rings. The molecule has 128 valence electrons. The van der Waals surface area contributed by atoms with Gasteiger partial charge in [0, 0.05) is 5.56 Å². The number of aryl methyl sites for hydroxylation is 2. The second-order valence-electron chi connectivity index (χ2n) is 6.10. The summed E-state index contributed by atoms with van der Waals surface area (Å²) in [6, 6.07) is 15.9. The normalized spacial score (nSPS) is 11.3. The number of aromatic hydroxyl groups is 1. The number of aromatic nitrogens is 1. The van der Waals surface area contributed by atoms with Crippen molar-refractivity contribution in [3.8, 4) is 17.4 Å². The van der Waals surface area contributed by atoms with Crippen LogP contribution in [0.2, 0.25) is 0 Å². The van der Waals surface area contributed by atoms with E-state index in [-0.39, 0.29) is 5.95 Å². The molecule has 0 unspecified atom stereocenters. The van der Waals surface area contributed by atoms with E-state index in [2.05, 4.69) is 29.0 Å². The molecular weight excluding hydrogens is 312 g/mol. The van der Waals surface area contributed by atoms with Gasteiger partial charge in [-0.05, 0) is 49.6 Å². The Morgan fingerprint density at radius 1 is 1.08 bits per heavy atom. The number of nitrogens with zero attached hydrogens (tertiary/aromatic N) is 2. The molecule has 4 heteroatoms. The Kier molecular flexibility index (Phi) is 5.29. The molecule has 3 rings (SSSR count). The van der Waals surface area contributed by atoms with Gasteiger partial charge in [0.15, 0.2) is 5.69 Å². The first kappa shape index (κ1) is 17.0. The van der Waals surface area contributed by atoms with Crippen molar-refractivity contribution in [3.05, 3.63) is 65.4 Å². The van der Waals surface area contributed by atoms with Gasteiger partial charge in [0.05, 0.1) is 11.9 Å². The van der Waals surface area contributed by atoms with Crippen molar-refractivity contribution >= 4 is 11.9 Å². The number of aliphatic imine (C=N–C) groups is 1. The first-order valence-corrected chi connectivity index (χ1v) is 8.55. The van der Waals surface area contributed by atoms with Gasteiger partial charge in [-0.1, -0.05) is 43.2 Å². The Morgan fingerprint density at radius 3 is 2.48 bits per heavy atom. The number of oxazole rings is 1. The van der Waals surface area contributed by atoms with Gasteiger partial charge in [-0.15, -0.1) is 0 Å². The molecule has 2 aromatic carbocycles. The van der Waals surface area contributed by atoms with Crippen LogP contribution in [0.4, 0.5) is 5.69 Å². The van der Waals surface area contributed by atoms with Crippen LogP contribution in [0.3, 0.4) is 0 Å². The molecule has 25 heavy (non-hydrogen) atoms. The minimum absolute atomic E-state index is 0.221. The molecule has 0 amide bonds. The summed E-state index contributed by atoms with van der Waals surface area (Å²) in [4.78, 5) is 8.66. The van der Waals surface area contributed by atoms with Gasteiger partial charge >= 0.3 is 5.95 Å². The van der Waals surface area contributed by atoms with E-state index in [1.807, 2.05) is 43.3 Å². The van der Waals surface area contributed by atoms with Gasteiger partial charge in [0.2, 0.25) is 5.89 Å². The Balaban J connectivity index is 1.76. The maximum absolute atomic E-state index is 9.97. The lowest BCUT2D eigenvalue weighted by atomic mass is 10.1. The van der Waals surface area contributed by atoms with E-state index < -0.39 is 0 Å². The molecule has 0 aliphatic carbocycles. The Labute approximate surface area is 147 Å². The van der Waals surface area contributed by atoms with E-state index in [1.165, 1.54) is 30.2 Å². The summed E-state index contributed by atoms with van der Waals surface area (Å²) in [5.74, 6) is 0.172. The average Bonchev–Trinajstić information content (AvgIpc) is 3.01. The molecule has 0 aliphatic heterocycles. The fraction of sp³-hybridized carbons (Fsp3) is 0.238. The summed E-state index contributed by atoms with van der Waals surface area (Å²) >= 11 is 0.